The Balaban J connectivity index is 1.40. The highest BCUT2D eigenvalue weighted by Crippen LogP contribution is 2.33. The van der Waals surface area contributed by atoms with Gasteiger partial charge in [0, 0.05) is 13.1 Å². The van der Waals surface area contributed by atoms with Crippen molar-refractivity contribution in [3.63, 3.8) is 0 Å². The lowest BCUT2D eigenvalue weighted by Crippen LogP contribution is -2.29. The van der Waals surface area contributed by atoms with Crippen LogP contribution in [0, 0.1) is 6.92 Å². The van der Waals surface area contributed by atoms with Crippen LogP contribution in [-0.4, -0.2) is 40.8 Å². The number of likely N-dealkylation sites (tertiary alicyclic amines) is 1. The molecule has 2 aliphatic rings. The first-order valence-corrected chi connectivity index (χ1v) is 7.65. The van der Waals surface area contributed by atoms with Crippen LogP contribution in [0.25, 0.3) is 0 Å². The number of benzene rings is 1. The maximum Gasteiger partial charge on any atom is 0.231 e. The van der Waals surface area contributed by atoms with Gasteiger partial charge in [-0.25, -0.2) is 0 Å². The predicted octanol–water partition coefficient (Wildman–Crippen LogP) is 1.67. The monoisotopic (exact) mass is 315 g/mol. The summed E-state index contributed by atoms with van der Waals surface area (Å²) < 4.78 is 15.8. The van der Waals surface area contributed by atoms with Crippen molar-refractivity contribution >= 4 is 5.91 Å². The minimum atomic E-state index is 0.0996. The minimum Gasteiger partial charge on any atom is -0.454 e. The number of nitrogens with zero attached hydrogens (tertiary/aromatic N) is 3. The number of hydrogen-bond donors (Lipinski definition) is 0. The van der Waals surface area contributed by atoms with Crippen LogP contribution >= 0.6 is 0 Å². The fraction of sp³-hybridized carbons (Fsp3) is 0.438. The molecule has 0 bridgehead atoms. The van der Waals surface area contributed by atoms with Crippen molar-refractivity contribution in [3.8, 4) is 11.5 Å². The van der Waals surface area contributed by atoms with Gasteiger partial charge in [-0.1, -0.05) is 11.2 Å². The largest absolute Gasteiger partial charge is 0.454 e. The average molecular weight is 315 g/mol. The molecule has 7 nitrogen and oxygen atoms in total. The van der Waals surface area contributed by atoms with Crippen LogP contribution in [0.3, 0.4) is 0 Å². The molecule has 0 spiro atoms. The first-order chi connectivity index (χ1) is 11.2. The van der Waals surface area contributed by atoms with Crippen LogP contribution in [0.15, 0.2) is 22.7 Å². The molecule has 1 amide bonds. The van der Waals surface area contributed by atoms with E-state index in [0.29, 0.717) is 30.4 Å². The molecule has 1 aromatic heterocycles. The van der Waals surface area contributed by atoms with E-state index >= 15 is 0 Å². The number of amides is 1. The van der Waals surface area contributed by atoms with E-state index in [0.717, 1.165) is 24.3 Å². The summed E-state index contributed by atoms with van der Waals surface area (Å²) in [6.07, 6.45) is 1.21. The second kappa shape index (κ2) is 5.57. The van der Waals surface area contributed by atoms with Crippen LogP contribution in [0.5, 0.6) is 11.5 Å². The molecule has 0 saturated carbocycles. The fourth-order valence-corrected chi connectivity index (χ4v) is 3.00. The molecular formula is C16H17N3O4. The maximum atomic E-state index is 12.5. The second-order valence-electron chi connectivity index (χ2n) is 5.87. The average Bonchev–Trinajstić information content (AvgIpc) is 3.26. The SMILES string of the molecule is Cc1noc(C2CCN(C(=O)Cc3ccc4c(c3)OCO4)C2)n1. The molecule has 1 saturated heterocycles. The molecule has 0 N–H and O–H groups in total. The van der Waals surface area contributed by atoms with Gasteiger partial charge in [0.15, 0.2) is 17.3 Å². The topological polar surface area (TPSA) is 77.7 Å². The summed E-state index contributed by atoms with van der Waals surface area (Å²) in [7, 11) is 0. The van der Waals surface area contributed by atoms with Gasteiger partial charge in [-0.15, -0.1) is 0 Å². The molecule has 4 rings (SSSR count). The van der Waals surface area contributed by atoms with Crippen molar-refractivity contribution in [1.82, 2.24) is 15.0 Å². The quantitative estimate of drug-likeness (QED) is 0.857. The van der Waals surface area contributed by atoms with Gasteiger partial charge in [-0.3, -0.25) is 4.79 Å². The molecule has 7 heteroatoms. The first kappa shape index (κ1) is 14.0. The summed E-state index contributed by atoms with van der Waals surface area (Å²) >= 11 is 0. The smallest absolute Gasteiger partial charge is 0.231 e. The molecule has 0 aliphatic carbocycles. The van der Waals surface area contributed by atoms with Crippen molar-refractivity contribution < 1.29 is 18.8 Å². The third-order valence-corrected chi connectivity index (χ3v) is 4.23. The summed E-state index contributed by atoms with van der Waals surface area (Å²) in [5, 5.41) is 3.82. The van der Waals surface area contributed by atoms with Gasteiger partial charge in [0.1, 0.15) is 0 Å². The van der Waals surface area contributed by atoms with Gasteiger partial charge in [-0.2, -0.15) is 4.98 Å². The number of carbonyl (C=O) groups is 1. The van der Waals surface area contributed by atoms with Crippen molar-refractivity contribution in [2.24, 2.45) is 0 Å². The van der Waals surface area contributed by atoms with E-state index in [4.69, 9.17) is 14.0 Å². The highest BCUT2D eigenvalue weighted by molar-refractivity contribution is 5.79. The lowest BCUT2D eigenvalue weighted by atomic mass is 10.1. The van der Waals surface area contributed by atoms with Crippen molar-refractivity contribution in [1.29, 1.82) is 0 Å². The van der Waals surface area contributed by atoms with Gasteiger partial charge in [0.05, 0.1) is 12.3 Å². The number of aromatic nitrogens is 2. The Morgan fingerprint density at radius 1 is 1.35 bits per heavy atom. The van der Waals surface area contributed by atoms with E-state index in [2.05, 4.69) is 10.1 Å². The molecule has 3 heterocycles. The Morgan fingerprint density at radius 2 is 2.22 bits per heavy atom. The lowest BCUT2D eigenvalue weighted by molar-refractivity contribution is -0.129. The Kier molecular flexibility index (Phi) is 3.40. The predicted molar refractivity (Wildman–Crippen MR) is 79.2 cm³/mol. The van der Waals surface area contributed by atoms with Crippen LogP contribution in [0.4, 0.5) is 0 Å². The van der Waals surface area contributed by atoms with Gasteiger partial charge < -0.3 is 18.9 Å². The lowest BCUT2D eigenvalue weighted by Gasteiger charge is -2.16. The number of fused-ring (bicyclic) bond motifs is 1. The third-order valence-electron chi connectivity index (χ3n) is 4.23. The Morgan fingerprint density at radius 3 is 3.04 bits per heavy atom. The second-order valence-corrected chi connectivity index (χ2v) is 5.87. The highest BCUT2D eigenvalue weighted by atomic mass is 16.7. The van der Waals surface area contributed by atoms with Crippen LogP contribution in [0.2, 0.25) is 0 Å². The summed E-state index contributed by atoms with van der Waals surface area (Å²) in [4.78, 5) is 18.6. The summed E-state index contributed by atoms with van der Waals surface area (Å²) in [5.74, 6) is 2.93. The normalized spacial score (nSPS) is 19.3. The van der Waals surface area contributed by atoms with Crippen molar-refractivity contribution in [3.05, 3.63) is 35.5 Å². The van der Waals surface area contributed by atoms with E-state index < -0.39 is 0 Å². The number of hydrogen-bond acceptors (Lipinski definition) is 6. The Labute approximate surface area is 133 Å². The number of aryl methyl sites for hydroxylation is 1. The maximum absolute atomic E-state index is 12.5. The number of carbonyl (C=O) groups excluding carboxylic acids is 1. The van der Waals surface area contributed by atoms with Crippen molar-refractivity contribution in [2.75, 3.05) is 19.9 Å². The highest BCUT2D eigenvalue weighted by Gasteiger charge is 2.30. The molecule has 1 aromatic carbocycles. The standard InChI is InChI=1S/C16H17N3O4/c1-10-17-16(23-18-10)12-4-5-19(8-12)15(20)7-11-2-3-13-14(6-11)22-9-21-13/h2-3,6,12H,4-5,7-9H2,1H3. The molecule has 1 atom stereocenters. The van der Waals surface area contributed by atoms with E-state index in [1.165, 1.54) is 0 Å². The minimum absolute atomic E-state index is 0.0996. The molecule has 2 aromatic rings. The molecule has 120 valence electrons. The molecular weight excluding hydrogens is 298 g/mol. The van der Waals surface area contributed by atoms with Gasteiger partial charge in [0.2, 0.25) is 18.6 Å². The zero-order valence-corrected chi connectivity index (χ0v) is 12.8. The van der Waals surface area contributed by atoms with Gasteiger partial charge in [-0.05, 0) is 31.0 Å². The molecule has 2 aliphatic heterocycles. The summed E-state index contributed by atoms with van der Waals surface area (Å²) in [6, 6.07) is 5.62. The van der Waals surface area contributed by atoms with Gasteiger partial charge in [0.25, 0.3) is 0 Å². The molecule has 0 radical (unpaired) electrons. The van der Waals surface area contributed by atoms with Crippen LogP contribution < -0.4 is 9.47 Å². The molecule has 23 heavy (non-hydrogen) atoms. The zero-order chi connectivity index (χ0) is 15.8. The van der Waals surface area contributed by atoms with Crippen LogP contribution in [-0.2, 0) is 11.2 Å². The van der Waals surface area contributed by atoms with E-state index in [1.54, 1.807) is 6.92 Å². The van der Waals surface area contributed by atoms with E-state index in [-0.39, 0.29) is 18.6 Å². The fourth-order valence-electron chi connectivity index (χ4n) is 3.00. The number of rotatable bonds is 3. The third kappa shape index (κ3) is 2.74. The number of ether oxygens (including phenoxy) is 2. The molecule has 1 fully saturated rings. The van der Waals surface area contributed by atoms with E-state index in [9.17, 15) is 4.79 Å². The van der Waals surface area contributed by atoms with E-state index in [1.807, 2.05) is 23.1 Å². The first-order valence-electron chi connectivity index (χ1n) is 7.65. The Bertz CT molecular complexity index is 743. The summed E-state index contributed by atoms with van der Waals surface area (Å²) in [5.41, 5.74) is 0.927. The Hall–Kier alpha value is -2.57. The van der Waals surface area contributed by atoms with Gasteiger partial charge >= 0.3 is 0 Å². The zero-order valence-electron chi connectivity index (χ0n) is 12.8. The van der Waals surface area contributed by atoms with Crippen molar-refractivity contribution in [2.45, 2.75) is 25.7 Å². The molecule has 1 unspecified atom stereocenters. The van der Waals surface area contributed by atoms with Crippen LogP contribution in [0.1, 0.15) is 29.6 Å². The summed E-state index contributed by atoms with van der Waals surface area (Å²) in [6.45, 7) is 3.38.